The molecule has 1 aromatic carbocycles. The van der Waals surface area contributed by atoms with Crippen molar-refractivity contribution in [2.24, 2.45) is 11.7 Å². The number of benzene rings is 1. The highest BCUT2D eigenvalue weighted by molar-refractivity contribution is 5.90. The van der Waals surface area contributed by atoms with Crippen LogP contribution < -0.4 is 11.1 Å². The molecule has 112 valence electrons. The summed E-state index contributed by atoms with van der Waals surface area (Å²) in [4.78, 5) is 11.9. The van der Waals surface area contributed by atoms with E-state index in [-0.39, 0.29) is 5.91 Å². The Labute approximate surface area is 122 Å². The molecule has 1 aromatic rings. The second-order valence-electron chi connectivity index (χ2n) is 5.37. The topological polar surface area (TPSA) is 55.1 Å². The molecule has 3 nitrogen and oxygen atoms in total. The molecule has 0 saturated carbocycles. The molecule has 3 heteroatoms. The van der Waals surface area contributed by atoms with Gasteiger partial charge in [0, 0.05) is 12.1 Å². The minimum Gasteiger partial charge on any atom is -0.330 e. The fraction of sp³-hybridized carbons (Fsp3) is 0.588. The Hall–Kier alpha value is -1.35. The van der Waals surface area contributed by atoms with Crippen LogP contribution in [0.2, 0.25) is 0 Å². The van der Waals surface area contributed by atoms with Crippen LogP contribution in [0.4, 0.5) is 5.69 Å². The molecule has 1 amide bonds. The Kier molecular flexibility index (Phi) is 7.97. The van der Waals surface area contributed by atoms with Crippen LogP contribution in [0.25, 0.3) is 0 Å². The lowest BCUT2D eigenvalue weighted by molar-refractivity contribution is -0.116. The van der Waals surface area contributed by atoms with Crippen molar-refractivity contribution in [2.75, 3.05) is 11.9 Å². The summed E-state index contributed by atoms with van der Waals surface area (Å²) in [7, 11) is 0. The summed E-state index contributed by atoms with van der Waals surface area (Å²) in [6.45, 7) is 5.02. The number of hydrogen-bond acceptors (Lipinski definition) is 2. The normalized spacial score (nSPS) is 12.2. The Balaban J connectivity index is 2.38. The van der Waals surface area contributed by atoms with Crippen LogP contribution >= 0.6 is 0 Å². The van der Waals surface area contributed by atoms with Gasteiger partial charge in [-0.1, -0.05) is 38.8 Å². The number of nitrogens with two attached hydrogens (primary N) is 1. The Morgan fingerprint density at radius 1 is 1.15 bits per heavy atom. The summed E-state index contributed by atoms with van der Waals surface area (Å²) in [5, 5.41) is 2.96. The predicted octanol–water partition coefficient (Wildman–Crippen LogP) is 3.73. The summed E-state index contributed by atoms with van der Waals surface area (Å²) < 4.78 is 0. The molecule has 0 fully saturated rings. The van der Waals surface area contributed by atoms with Crippen molar-refractivity contribution < 1.29 is 4.79 Å². The number of carbonyl (C=O) groups excluding carboxylic acids is 1. The third-order valence-electron chi connectivity index (χ3n) is 3.70. The quantitative estimate of drug-likeness (QED) is 0.722. The molecular weight excluding hydrogens is 248 g/mol. The van der Waals surface area contributed by atoms with Crippen LogP contribution in [0.5, 0.6) is 0 Å². The highest BCUT2D eigenvalue weighted by atomic mass is 16.1. The van der Waals surface area contributed by atoms with Gasteiger partial charge in [-0.15, -0.1) is 0 Å². The number of anilines is 1. The second kappa shape index (κ2) is 9.54. The number of carbonyl (C=O) groups is 1. The van der Waals surface area contributed by atoms with Gasteiger partial charge in [0.1, 0.15) is 0 Å². The third-order valence-corrected chi connectivity index (χ3v) is 3.70. The molecule has 0 radical (unpaired) electrons. The Morgan fingerprint density at radius 2 is 1.85 bits per heavy atom. The van der Waals surface area contributed by atoms with E-state index >= 15 is 0 Å². The largest absolute Gasteiger partial charge is 0.330 e. The first-order valence-electron chi connectivity index (χ1n) is 7.78. The first-order valence-corrected chi connectivity index (χ1v) is 7.78. The predicted molar refractivity (Wildman–Crippen MR) is 85.8 cm³/mol. The van der Waals surface area contributed by atoms with Crippen LogP contribution in [-0.4, -0.2) is 12.5 Å². The van der Waals surface area contributed by atoms with Gasteiger partial charge in [0.25, 0.3) is 0 Å². The van der Waals surface area contributed by atoms with Crippen molar-refractivity contribution in [1.82, 2.24) is 0 Å². The van der Waals surface area contributed by atoms with E-state index in [1.165, 1.54) is 5.56 Å². The van der Waals surface area contributed by atoms with E-state index in [1.54, 1.807) is 0 Å². The van der Waals surface area contributed by atoms with Crippen LogP contribution in [0.3, 0.4) is 0 Å². The standard InChI is InChI=1S/C17H28N2O/c1-3-5-15(12-13-18)8-11-17(20)19-16-9-6-14(4-2)7-10-16/h6-7,9-10,15H,3-5,8,11-13,18H2,1-2H3,(H,19,20). The van der Waals surface area contributed by atoms with Crippen LogP contribution in [0, 0.1) is 5.92 Å². The summed E-state index contributed by atoms with van der Waals surface area (Å²) in [6, 6.07) is 8.06. The Bertz CT molecular complexity index is 380. The van der Waals surface area contributed by atoms with Crippen molar-refractivity contribution in [3.8, 4) is 0 Å². The average Bonchev–Trinajstić information content (AvgIpc) is 2.46. The molecule has 0 heterocycles. The third kappa shape index (κ3) is 6.20. The minimum atomic E-state index is 0.104. The minimum absolute atomic E-state index is 0.104. The molecule has 1 unspecified atom stereocenters. The summed E-state index contributed by atoms with van der Waals surface area (Å²) >= 11 is 0. The van der Waals surface area contributed by atoms with Crippen LogP contribution in [0.1, 0.15) is 51.5 Å². The van der Waals surface area contributed by atoms with Gasteiger partial charge in [0.2, 0.25) is 5.91 Å². The SMILES string of the molecule is CCCC(CCN)CCC(=O)Nc1ccc(CC)cc1. The molecule has 0 aliphatic carbocycles. The van der Waals surface area contributed by atoms with Gasteiger partial charge in [-0.25, -0.2) is 0 Å². The van der Waals surface area contributed by atoms with Crippen LogP contribution in [-0.2, 0) is 11.2 Å². The molecule has 20 heavy (non-hydrogen) atoms. The zero-order valence-corrected chi connectivity index (χ0v) is 12.8. The van der Waals surface area contributed by atoms with Crippen molar-refractivity contribution in [1.29, 1.82) is 0 Å². The van der Waals surface area contributed by atoms with E-state index in [4.69, 9.17) is 5.73 Å². The molecule has 1 atom stereocenters. The molecule has 0 spiro atoms. The summed E-state index contributed by atoms with van der Waals surface area (Å²) in [6.07, 6.45) is 5.88. The van der Waals surface area contributed by atoms with E-state index in [9.17, 15) is 4.79 Å². The van der Waals surface area contributed by atoms with Gasteiger partial charge in [-0.05, 0) is 49.4 Å². The van der Waals surface area contributed by atoms with Crippen molar-refractivity contribution in [3.63, 3.8) is 0 Å². The monoisotopic (exact) mass is 276 g/mol. The average molecular weight is 276 g/mol. The number of amides is 1. The molecule has 3 N–H and O–H groups in total. The van der Waals surface area contributed by atoms with Crippen molar-refractivity contribution >= 4 is 11.6 Å². The second-order valence-corrected chi connectivity index (χ2v) is 5.37. The molecule has 0 aliphatic heterocycles. The lowest BCUT2D eigenvalue weighted by Crippen LogP contribution is -2.15. The molecule has 0 bridgehead atoms. The van der Waals surface area contributed by atoms with E-state index in [1.807, 2.05) is 12.1 Å². The Morgan fingerprint density at radius 3 is 2.40 bits per heavy atom. The van der Waals surface area contributed by atoms with Crippen LogP contribution in [0.15, 0.2) is 24.3 Å². The zero-order chi connectivity index (χ0) is 14.8. The van der Waals surface area contributed by atoms with E-state index in [2.05, 4.69) is 31.3 Å². The van der Waals surface area contributed by atoms with Gasteiger partial charge >= 0.3 is 0 Å². The van der Waals surface area contributed by atoms with E-state index < -0.39 is 0 Å². The summed E-state index contributed by atoms with van der Waals surface area (Å²) in [5.74, 6) is 0.686. The number of rotatable bonds is 9. The van der Waals surface area contributed by atoms with E-state index in [0.717, 1.165) is 37.8 Å². The number of aryl methyl sites for hydroxylation is 1. The van der Waals surface area contributed by atoms with E-state index in [0.29, 0.717) is 18.9 Å². The van der Waals surface area contributed by atoms with Crippen molar-refractivity contribution in [2.45, 2.75) is 52.4 Å². The molecule has 0 aromatic heterocycles. The molecule has 1 rings (SSSR count). The van der Waals surface area contributed by atoms with Gasteiger partial charge < -0.3 is 11.1 Å². The zero-order valence-electron chi connectivity index (χ0n) is 12.8. The first-order chi connectivity index (χ1) is 9.69. The highest BCUT2D eigenvalue weighted by Gasteiger charge is 2.10. The smallest absolute Gasteiger partial charge is 0.224 e. The number of nitrogens with one attached hydrogen (secondary N) is 1. The molecule has 0 aliphatic rings. The lowest BCUT2D eigenvalue weighted by Gasteiger charge is -2.14. The molecular formula is C17H28N2O. The number of hydrogen-bond donors (Lipinski definition) is 2. The highest BCUT2D eigenvalue weighted by Crippen LogP contribution is 2.18. The van der Waals surface area contributed by atoms with Crippen molar-refractivity contribution in [3.05, 3.63) is 29.8 Å². The van der Waals surface area contributed by atoms with Gasteiger partial charge in [-0.2, -0.15) is 0 Å². The summed E-state index contributed by atoms with van der Waals surface area (Å²) in [5.41, 5.74) is 7.79. The van der Waals surface area contributed by atoms with Gasteiger partial charge in [-0.3, -0.25) is 4.79 Å². The van der Waals surface area contributed by atoms with Gasteiger partial charge in [0.05, 0.1) is 0 Å². The molecule has 0 saturated heterocycles. The van der Waals surface area contributed by atoms with Gasteiger partial charge in [0.15, 0.2) is 0 Å². The fourth-order valence-corrected chi connectivity index (χ4v) is 2.46. The lowest BCUT2D eigenvalue weighted by atomic mass is 9.94. The first kappa shape index (κ1) is 16.7. The fourth-order valence-electron chi connectivity index (χ4n) is 2.46. The maximum atomic E-state index is 11.9. The maximum absolute atomic E-state index is 11.9. The maximum Gasteiger partial charge on any atom is 0.224 e.